The Kier molecular flexibility index (Phi) is 4.02. The molecule has 0 radical (unpaired) electrons. The van der Waals surface area contributed by atoms with Crippen molar-refractivity contribution in [2.75, 3.05) is 20.2 Å². The number of hydrogen-bond donors (Lipinski definition) is 0. The maximum atomic E-state index is 13.9. The average molecular weight is 247 g/mol. The monoisotopic (exact) mass is 247 g/mol. The molecule has 0 saturated carbocycles. The molecule has 1 saturated heterocycles. The van der Waals surface area contributed by atoms with Crippen molar-refractivity contribution in [1.82, 2.24) is 4.90 Å². The molecule has 1 rings (SSSR count). The zero-order valence-corrected chi connectivity index (χ0v) is 11.2. The Labute approximate surface area is 102 Å². The predicted octanol–water partition coefficient (Wildman–Crippen LogP) is 2.37. The second kappa shape index (κ2) is 4.80. The van der Waals surface area contributed by atoms with Crippen LogP contribution in [0.25, 0.3) is 0 Å². The lowest BCUT2D eigenvalue weighted by molar-refractivity contribution is 0.0213. The lowest BCUT2D eigenvalue weighted by Crippen LogP contribution is -2.41. The Hall–Kier alpha value is -0.840. The van der Waals surface area contributed by atoms with E-state index in [1.54, 1.807) is 20.8 Å². The van der Waals surface area contributed by atoms with Gasteiger partial charge in [0.2, 0.25) is 0 Å². The van der Waals surface area contributed by atoms with Gasteiger partial charge in [0, 0.05) is 7.05 Å². The molecule has 0 aromatic heterocycles. The normalized spacial score (nSPS) is 25.3. The summed E-state index contributed by atoms with van der Waals surface area (Å²) in [5.41, 5.74) is -1.23. The molecule has 1 amide bonds. The molecule has 17 heavy (non-hydrogen) atoms. The fourth-order valence-corrected chi connectivity index (χ4v) is 1.52. The smallest absolute Gasteiger partial charge is 0.410 e. The van der Waals surface area contributed by atoms with E-state index in [2.05, 4.69) is 0 Å². The minimum Gasteiger partial charge on any atom is -0.444 e. The first kappa shape index (κ1) is 14.2. The highest BCUT2D eigenvalue weighted by Crippen LogP contribution is 2.36. The third-order valence-corrected chi connectivity index (χ3v) is 2.82. The van der Waals surface area contributed by atoms with Gasteiger partial charge in [0.05, 0.1) is 13.2 Å². The highest BCUT2D eigenvalue weighted by molar-refractivity contribution is 5.67. The number of epoxide rings is 1. The average Bonchev–Trinajstić information content (AvgIpc) is 2.95. The zero-order chi connectivity index (χ0) is 13.3. The van der Waals surface area contributed by atoms with Gasteiger partial charge in [-0.15, -0.1) is 0 Å². The van der Waals surface area contributed by atoms with Crippen LogP contribution in [-0.2, 0) is 9.47 Å². The van der Waals surface area contributed by atoms with Gasteiger partial charge in [-0.2, -0.15) is 0 Å². The third-order valence-electron chi connectivity index (χ3n) is 2.82. The minimum absolute atomic E-state index is 0.00273. The van der Waals surface area contributed by atoms with Gasteiger partial charge in [0.25, 0.3) is 0 Å². The number of amides is 1. The van der Waals surface area contributed by atoms with Crippen molar-refractivity contribution < 1.29 is 18.7 Å². The van der Waals surface area contributed by atoms with Crippen molar-refractivity contribution in [3.05, 3.63) is 0 Å². The highest BCUT2D eigenvalue weighted by Gasteiger charge is 2.51. The van der Waals surface area contributed by atoms with E-state index in [9.17, 15) is 9.18 Å². The van der Waals surface area contributed by atoms with E-state index < -0.39 is 23.5 Å². The molecule has 1 fully saturated rings. The number of hydrogen-bond acceptors (Lipinski definition) is 3. The summed E-state index contributed by atoms with van der Waals surface area (Å²) >= 11 is 0. The van der Waals surface area contributed by atoms with Crippen molar-refractivity contribution in [3.8, 4) is 0 Å². The van der Waals surface area contributed by atoms with Crippen molar-refractivity contribution in [2.24, 2.45) is 0 Å². The molecule has 0 aromatic carbocycles. The summed E-state index contributed by atoms with van der Waals surface area (Å²) in [6.07, 6.45) is -1.05. The van der Waals surface area contributed by atoms with Crippen LogP contribution in [0.2, 0.25) is 0 Å². The van der Waals surface area contributed by atoms with Crippen LogP contribution in [0.15, 0.2) is 0 Å². The molecule has 2 unspecified atom stereocenters. The summed E-state index contributed by atoms with van der Waals surface area (Å²) in [7, 11) is 1.53. The quantitative estimate of drug-likeness (QED) is 0.716. The third kappa shape index (κ3) is 3.84. The van der Waals surface area contributed by atoms with E-state index in [-0.39, 0.29) is 6.54 Å². The molecule has 1 heterocycles. The van der Waals surface area contributed by atoms with Crippen molar-refractivity contribution in [3.63, 3.8) is 0 Å². The van der Waals surface area contributed by atoms with Crippen LogP contribution in [0, 0.1) is 0 Å². The van der Waals surface area contributed by atoms with Crippen LogP contribution in [0.5, 0.6) is 0 Å². The molecular formula is C12H22FNO3. The fraction of sp³-hybridized carbons (Fsp3) is 0.917. The standard InChI is InChI=1S/C12H22FNO3/c1-6-12(8-16-12)9(13)7-14(5)10(15)17-11(2,3)4/h9H,6-8H2,1-5H3. The van der Waals surface area contributed by atoms with E-state index in [1.165, 1.54) is 11.9 Å². The maximum absolute atomic E-state index is 13.9. The van der Waals surface area contributed by atoms with Crippen molar-refractivity contribution in [2.45, 2.75) is 51.5 Å². The van der Waals surface area contributed by atoms with Crippen molar-refractivity contribution in [1.29, 1.82) is 0 Å². The van der Waals surface area contributed by atoms with Crippen LogP contribution < -0.4 is 0 Å². The van der Waals surface area contributed by atoms with Crippen LogP contribution in [0.4, 0.5) is 9.18 Å². The molecule has 1 aliphatic heterocycles. The first-order valence-corrected chi connectivity index (χ1v) is 5.92. The second-order valence-electron chi connectivity index (χ2n) is 5.54. The number of carbonyl (C=O) groups excluding carboxylic acids is 1. The Morgan fingerprint density at radius 2 is 2.12 bits per heavy atom. The zero-order valence-electron chi connectivity index (χ0n) is 11.2. The summed E-state index contributed by atoms with van der Waals surface area (Å²) in [6, 6.07) is 0. The lowest BCUT2D eigenvalue weighted by atomic mass is 10.0. The number of halogens is 1. The Morgan fingerprint density at radius 3 is 2.47 bits per heavy atom. The van der Waals surface area contributed by atoms with Crippen molar-refractivity contribution >= 4 is 6.09 Å². The van der Waals surface area contributed by atoms with Crippen LogP contribution in [-0.4, -0.2) is 48.6 Å². The molecule has 0 aromatic rings. The molecule has 0 spiro atoms. The number of carbonyl (C=O) groups is 1. The van der Waals surface area contributed by atoms with Gasteiger partial charge < -0.3 is 14.4 Å². The highest BCUT2D eigenvalue weighted by atomic mass is 19.1. The fourth-order valence-electron chi connectivity index (χ4n) is 1.52. The van der Waals surface area contributed by atoms with Gasteiger partial charge in [-0.1, -0.05) is 6.92 Å². The Morgan fingerprint density at radius 1 is 1.59 bits per heavy atom. The Balaban J connectivity index is 2.43. The molecular weight excluding hydrogens is 225 g/mol. The maximum Gasteiger partial charge on any atom is 0.410 e. The van der Waals surface area contributed by atoms with E-state index >= 15 is 0 Å². The van der Waals surface area contributed by atoms with Crippen LogP contribution in [0.3, 0.4) is 0 Å². The van der Waals surface area contributed by atoms with E-state index in [1.807, 2.05) is 6.92 Å². The molecule has 1 aliphatic rings. The number of ether oxygens (including phenoxy) is 2. The van der Waals surface area contributed by atoms with E-state index in [0.717, 1.165) is 0 Å². The first-order chi connectivity index (χ1) is 7.70. The summed E-state index contributed by atoms with van der Waals surface area (Å²) in [6.45, 7) is 7.66. The number of alkyl halides is 1. The van der Waals surface area contributed by atoms with Gasteiger partial charge >= 0.3 is 6.09 Å². The Bertz CT molecular complexity index is 284. The lowest BCUT2D eigenvalue weighted by Gasteiger charge is -2.26. The molecule has 0 N–H and O–H groups in total. The predicted molar refractivity (Wildman–Crippen MR) is 62.7 cm³/mol. The van der Waals surface area contributed by atoms with Crippen LogP contribution in [0.1, 0.15) is 34.1 Å². The molecule has 4 nitrogen and oxygen atoms in total. The summed E-state index contributed by atoms with van der Waals surface area (Å²) in [4.78, 5) is 12.9. The molecule has 100 valence electrons. The van der Waals surface area contributed by atoms with Gasteiger partial charge in [0.1, 0.15) is 17.4 Å². The SMILES string of the molecule is CCC1(C(F)CN(C)C(=O)OC(C)(C)C)CO1. The first-order valence-electron chi connectivity index (χ1n) is 5.92. The van der Waals surface area contributed by atoms with E-state index in [0.29, 0.717) is 13.0 Å². The molecule has 0 aliphatic carbocycles. The van der Waals surface area contributed by atoms with Gasteiger partial charge in [-0.25, -0.2) is 9.18 Å². The molecule has 2 atom stereocenters. The van der Waals surface area contributed by atoms with Crippen LogP contribution >= 0.6 is 0 Å². The number of nitrogens with zero attached hydrogens (tertiary/aromatic N) is 1. The number of rotatable bonds is 4. The summed E-state index contributed by atoms with van der Waals surface area (Å²) in [5, 5.41) is 0. The second-order valence-corrected chi connectivity index (χ2v) is 5.54. The largest absolute Gasteiger partial charge is 0.444 e. The van der Waals surface area contributed by atoms with Gasteiger partial charge in [-0.05, 0) is 27.2 Å². The minimum atomic E-state index is -1.16. The summed E-state index contributed by atoms with van der Waals surface area (Å²) in [5.74, 6) is 0. The molecule has 0 bridgehead atoms. The topological polar surface area (TPSA) is 42.1 Å². The van der Waals surface area contributed by atoms with E-state index in [4.69, 9.17) is 9.47 Å². The molecule has 5 heteroatoms. The van der Waals surface area contributed by atoms with Gasteiger partial charge in [0.15, 0.2) is 0 Å². The summed E-state index contributed by atoms with van der Waals surface area (Å²) < 4.78 is 24.2. The van der Waals surface area contributed by atoms with Gasteiger partial charge in [-0.3, -0.25) is 0 Å².